The van der Waals surface area contributed by atoms with E-state index in [1.807, 2.05) is 33.1 Å². The Hall–Kier alpha value is -2.33. The lowest BCUT2D eigenvalue weighted by Crippen LogP contribution is -2.32. The minimum Gasteiger partial charge on any atom is -0.505 e. The van der Waals surface area contributed by atoms with Gasteiger partial charge < -0.3 is 15.1 Å². The lowest BCUT2D eigenvalue weighted by Gasteiger charge is -2.22. The van der Waals surface area contributed by atoms with E-state index in [9.17, 15) is 14.1 Å². The number of anilines is 2. The largest absolute Gasteiger partial charge is 0.505 e. The maximum Gasteiger partial charge on any atom is 0.275 e. The van der Waals surface area contributed by atoms with Gasteiger partial charge in [0.2, 0.25) is 0 Å². The molecule has 3 N–H and O–H groups in total. The zero-order valence-electron chi connectivity index (χ0n) is 19.6. The number of aromatic nitrogens is 2. The fraction of sp³-hybridized carbons (Fsp3) is 0.500. The van der Waals surface area contributed by atoms with Crippen LogP contribution in [0.1, 0.15) is 52.3 Å². The van der Waals surface area contributed by atoms with Crippen LogP contribution in [-0.4, -0.2) is 32.1 Å². The van der Waals surface area contributed by atoms with Gasteiger partial charge in [0, 0.05) is 37.2 Å². The number of rotatable bonds is 10. The fourth-order valence-corrected chi connectivity index (χ4v) is 4.12. The summed E-state index contributed by atoms with van der Waals surface area (Å²) in [5.41, 5.74) is 1.22. The van der Waals surface area contributed by atoms with E-state index >= 15 is 0 Å². The summed E-state index contributed by atoms with van der Waals surface area (Å²) in [5, 5.41) is 18.5. The smallest absolute Gasteiger partial charge is 0.275 e. The maximum absolute atomic E-state index is 13.1. The SMILES string of the molecule is C=NS(=O)c1cc(NSC)ccc1NCc1c(O)c(C(C)(C)C)nn(CCC(C)C)c1=O. The van der Waals surface area contributed by atoms with Crippen LogP contribution in [0.5, 0.6) is 5.75 Å². The third-order valence-electron chi connectivity index (χ3n) is 4.81. The molecule has 2 aromatic rings. The van der Waals surface area contributed by atoms with E-state index < -0.39 is 16.4 Å². The maximum atomic E-state index is 13.1. The Morgan fingerprint density at radius 1 is 1.34 bits per heavy atom. The first-order valence-electron chi connectivity index (χ1n) is 10.4. The molecule has 10 heteroatoms. The van der Waals surface area contributed by atoms with Crippen LogP contribution in [0.25, 0.3) is 0 Å². The molecule has 32 heavy (non-hydrogen) atoms. The molecule has 0 bridgehead atoms. The highest BCUT2D eigenvalue weighted by Gasteiger charge is 2.26. The summed E-state index contributed by atoms with van der Waals surface area (Å²) in [4.78, 5) is 13.6. The van der Waals surface area contributed by atoms with Crippen molar-refractivity contribution in [3.8, 4) is 5.75 Å². The van der Waals surface area contributed by atoms with Gasteiger partial charge in [-0.05, 0) is 30.5 Å². The Bertz CT molecular complexity index is 1050. The van der Waals surface area contributed by atoms with Gasteiger partial charge in [0.25, 0.3) is 5.56 Å². The molecule has 1 atom stereocenters. The van der Waals surface area contributed by atoms with E-state index in [0.717, 1.165) is 12.1 Å². The zero-order valence-corrected chi connectivity index (χ0v) is 21.2. The average molecular weight is 480 g/mol. The second kappa shape index (κ2) is 11.0. The normalized spacial score (nSPS) is 12.6. The van der Waals surface area contributed by atoms with Crippen LogP contribution < -0.4 is 15.6 Å². The van der Waals surface area contributed by atoms with Crippen LogP contribution in [0.3, 0.4) is 0 Å². The van der Waals surface area contributed by atoms with Gasteiger partial charge in [0.15, 0.2) is 11.0 Å². The van der Waals surface area contributed by atoms with Crippen LogP contribution in [0.4, 0.5) is 11.4 Å². The minimum absolute atomic E-state index is 0.0502. The molecule has 0 saturated carbocycles. The average Bonchev–Trinajstić information content (AvgIpc) is 2.72. The van der Waals surface area contributed by atoms with Crippen molar-refractivity contribution in [2.24, 2.45) is 10.3 Å². The van der Waals surface area contributed by atoms with E-state index in [-0.39, 0.29) is 23.4 Å². The molecular formula is C22H33N5O3S2. The highest BCUT2D eigenvalue weighted by atomic mass is 32.2. The number of benzene rings is 1. The van der Waals surface area contributed by atoms with Crippen LogP contribution in [0.15, 0.2) is 32.3 Å². The lowest BCUT2D eigenvalue weighted by atomic mass is 9.90. The van der Waals surface area contributed by atoms with E-state index in [2.05, 4.69) is 40.1 Å². The van der Waals surface area contributed by atoms with Gasteiger partial charge in [-0.1, -0.05) is 46.6 Å². The summed E-state index contributed by atoms with van der Waals surface area (Å²) in [7, 11) is -1.67. The fourth-order valence-electron chi connectivity index (χ4n) is 3.06. The summed E-state index contributed by atoms with van der Waals surface area (Å²) in [6.45, 7) is 13.9. The summed E-state index contributed by atoms with van der Waals surface area (Å²) in [5.74, 6) is 0.301. The Balaban J connectivity index is 2.48. The second-order valence-corrected chi connectivity index (χ2v) is 10.7. The van der Waals surface area contributed by atoms with E-state index in [1.165, 1.54) is 16.6 Å². The van der Waals surface area contributed by atoms with Gasteiger partial charge in [0.1, 0.15) is 11.4 Å². The molecule has 0 aliphatic rings. The molecule has 0 saturated heterocycles. The first kappa shape index (κ1) is 25.9. The third kappa shape index (κ3) is 6.35. The molecule has 0 fully saturated rings. The summed E-state index contributed by atoms with van der Waals surface area (Å²) in [6, 6.07) is 5.31. The lowest BCUT2D eigenvalue weighted by molar-refractivity contribution is 0.396. The van der Waals surface area contributed by atoms with Gasteiger partial charge in [-0.25, -0.2) is 8.89 Å². The third-order valence-corrected chi connectivity index (χ3v) is 6.20. The van der Waals surface area contributed by atoms with Gasteiger partial charge in [-0.15, -0.1) is 0 Å². The van der Waals surface area contributed by atoms with Crippen molar-refractivity contribution in [1.29, 1.82) is 0 Å². The van der Waals surface area contributed by atoms with E-state index in [1.54, 1.807) is 12.1 Å². The van der Waals surface area contributed by atoms with Crippen molar-refractivity contribution in [3.63, 3.8) is 0 Å². The zero-order chi connectivity index (χ0) is 24.1. The molecule has 1 aromatic carbocycles. The first-order chi connectivity index (χ1) is 15.0. The Kier molecular flexibility index (Phi) is 8.91. The predicted molar refractivity (Wildman–Crippen MR) is 135 cm³/mol. The quantitative estimate of drug-likeness (QED) is 0.344. The number of aromatic hydroxyl groups is 1. The molecule has 8 nitrogen and oxygen atoms in total. The van der Waals surface area contributed by atoms with E-state index in [0.29, 0.717) is 28.7 Å². The molecule has 176 valence electrons. The number of hydrogen-bond acceptors (Lipinski definition) is 7. The Morgan fingerprint density at radius 2 is 2.03 bits per heavy atom. The molecule has 0 aliphatic carbocycles. The molecule has 1 aromatic heterocycles. The molecule has 1 unspecified atom stereocenters. The van der Waals surface area contributed by atoms with Crippen molar-refractivity contribution in [2.75, 3.05) is 16.3 Å². The van der Waals surface area contributed by atoms with Crippen LogP contribution in [-0.2, 0) is 29.5 Å². The van der Waals surface area contributed by atoms with Crippen molar-refractivity contribution in [2.45, 2.75) is 64.4 Å². The highest BCUT2D eigenvalue weighted by molar-refractivity contribution is 7.99. The predicted octanol–water partition coefficient (Wildman–Crippen LogP) is 4.32. The first-order valence-corrected chi connectivity index (χ1v) is 12.7. The van der Waals surface area contributed by atoms with Gasteiger partial charge in [0.05, 0.1) is 16.1 Å². The molecule has 0 spiro atoms. The Morgan fingerprint density at radius 3 is 2.59 bits per heavy atom. The monoisotopic (exact) mass is 479 g/mol. The topological polar surface area (TPSA) is 109 Å². The molecule has 0 radical (unpaired) electrons. The van der Waals surface area contributed by atoms with Crippen LogP contribution >= 0.6 is 11.9 Å². The van der Waals surface area contributed by atoms with Crippen molar-refractivity contribution in [3.05, 3.63) is 39.8 Å². The van der Waals surface area contributed by atoms with Crippen LogP contribution in [0, 0.1) is 5.92 Å². The Labute approximate surface area is 196 Å². The second-order valence-electron chi connectivity index (χ2n) is 8.89. The number of hydrogen-bond donors (Lipinski definition) is 3. The highest BCUT2D eigenvalue weighted by Crippen LogP contribution is 2.31. The number of nitrogens with one attached hydrogen (secondary N) is 2. The molecular weight excluding hydrogens is 446 g/mol. The summed E-state index contributed by atoms with van der Waals surface area (Å²) in [6.07, 6.45) is 2.68. The molecule has 0 aliphatic heterocycles. The van der Waals surface area contributed by atoms with Gasteiger partial charge >= 0.3 is 0 Å². The molecule has 1 heterocycles. The number of aryl methyl sites for hydroxylation is 1. The van der Waals surface area contributed by atoms with E-state index in [4.69, 9.17) is 0 Å². The van der Waals surface area contributed by atoms with Crippen molar-refractivity contribution in [1.82, 2.24) is 9.78 Å². The summed E-state index contributed by atoms with van der Waals surface area (Å²) >= 11 is 1.42. The number of nitrogens with zero attached hydrogens (tertiary/aromatic N) is 3. The molecule has 0 amide bonds. The van der Waals surface area contributed by atoms with Crippen LogP contribution in [0.2, 0.25) is 0 Å². The van der Waals surface area contributed by atoms with Crippen molar-refractivity contribution >= 4 is 41.0 Å². The summed E-state index contributed by atoms with van der Waals surface area (Å²) < 4.78 is 20.6. The minimum atomic E-state index is -1.67. The van der Waals surface area contributed by atoms with Gasteiger partial charge in [-0.2, -0.15) is 9.50 Å². The van der Waals surface area contributed by atoms with Crippen molar-refractivity contribution < 1.29 is 9.32 Å². The molecule has 2 rings (SSSR count). The standard InChI is InChI=1S/C22H33N5O3S2/c1-14(2)10-11-27-21(29)16(19(28)20(25-27)22(3,4)5)13-24-17-9-8-15(26-31-7)12-18(17)32(30)23-6/h8-9,12,14,24,26,28H,6,10-11,13H2,1-5,7H3. The van der Waals surface area contributed by atoms with Gasteiger partial charge in [-0.3, -0.25) is 4.79 Å².